The SMILES string of the molecule is CCOc1ccccc1-c1no[n+]([O-])c1CNCCOCCOCCOc1ccc2nc3n(c(=O)c2c1)CCc1c-3[nH]c2ccccc12. The van der Waals surface area contributed by atoms with Crippen LogP contribution >= 0.6 is 0 Å². The van der Waals surface area contributed by atoms with Gasteiger partial charge in [-0.05, 0) is 60.2 Å². The second kappa shape index (κ2) is 14.3. The molecule has 0 bridgehead atoms. The van der Waals surface area contributed by atoms with Crippen molar-refractivity contribution in [3.05, 3.63) is 93.5 Å². The molecule has 3 aromatic heterocycles. The van der Waals surface area contributed by atoms with Crippen molar-refractivity contribution < 1.29 is 28.5 Å². The molecule has 1 aliphatic rings. The Morgan fingerprint density at radius 2 is 1.79 bits per heavy atom. The van der Waals surface area contributed by atoms with Crippen molar-refractivity contribution in [2.75, 3.05) is 46.2 Å². The molecule has 0 radical (unpaired) electrons. The van der Waals surface area contributed by atoms with Gasteiger partial charge in [-0.1, -0.05) is 30.3 Å². The third-order valence-electron chi connectivity index (χ3n) is 8.27. The molecule has 1 aliphatic heterocycles. The van der Waals surface area contributed by atoms with Gasteiger partial charge in [0.2, 0.25) is 5.69 Å². The standard InChI is InChI=1S/C35H36N6O7/c1-2-46-31-10-6-4-8-26(31)32-30(41(43)48-39-32)22-36-14-16-44-17-18-45-19-20-47-23-11-12-29-27(21-23)35(42)40-15-13-25-24-7-3-5-9-28(24)37-33(25)34(40)38-29/h3-12,21,36-37H,2,13-20,22H2,1H3. The summed E-state index contributed by atoms with van der Waals surface area (Å²) in [6.45, 7) is 5.68. The number of fused-ring (bicyclic) bond motifs is 6. The van der Waals surface area contributed by atoms with Crippen molar-refractivity contribution in [3.63, 3.8) is 0 Å². The molecule has 48 heavy (non-hydrogen) atoms. The normalized spacial score (nSPS) is 12.4. The van der Waals surface area contributed by atoms with Gasteiger partial charge in [-0.25, -0.2) is 4.98 Å². The molecule has 4 heterocycles. The summed E-state index contributed by atoms with van der Waals surface area (Å²) in [5, 5.41) is 21.0. The number of aromatic nitrogens is 5. The fourth-order valence-corrected chi connectivity index (χ4v) is 6.02. The van der Waals surface area contributed by atoms with Crippen molar-refractivity contribution in [1.29, 1.82) is 0 Å². The van der Waals surface area contributed by atoms with E-state index in [0.29, 0.717) is 103 Å². The molecule has 7 rings (SSSR count). The van der Waals surface area contributed by atoms with Gasteiger partial charge in [-0.2, -0.15) is 0 Å². The summed E-state index contributed by atoms with van der Waals surface area (Å²) in [7, 11) is 0. The molecule has 3 aromatic carbocycles. The van der Waals surface area contributed by atoms with E-state index in [0.717, 1.165) is 17.6 Å². The van der Waals surface area contributed by atoms with E-state index in [1.807, 2.05) is 61.5 Å². The van der Waals surface area contributed by atoms with Crippen LogP contribution in [0.15, 0.2) is 76.2 Å². The van der Waals surface area contributed by atoms with Crippen LogP contribution in [0.5, 0.6) is 11.5 Å². The summed E-state index contributed by atoms with van der Waals surface area (Å²) in [5.41, 5.74) is 5.22. The highest BCUT2D eigenvalue weighted by atomic mass is 16.8. The van der Waals surface area contributed by atoms with E-state index in [9.17, 15) is 10.0 Å². The first kappa shape index (κ1) is 31.4. The van der Waals surface area contributed by atoms with E-state index in [1.165, 1.54) is 10.9 Å². The maximum absolute atomic E-state index is 13.5. The summed E-state index contributed by atoms with van der Waals surface area (Å²) >= 11 is 0. The van der Waals surface area contributed by atoms with E-state index >= 15 is 0 Å². The molecule has 0 amide bonds. The Morgan fingerprint density at radius 1 is 0.979 bits per heavy atom. The van der Waals surface area contributed by atoms with Crippen LogP contribution in [-0.2, 0) is 29.0 Å². The van der Waals surface area contributed by atoms with E-state index in [2.05, 4.69) is 21.5 Å². The quantitative estimate of drug-likeness (QED) is 0.123. The molecule has 2 N–H and O–H groups in total. The molecule has 0 aliphatic carbocycles. The molecule has 0 saturated heterocycles. The van der Waals surface area contributed by atoms with Crippen LogP contribution < -0.4 is 25.3 Å². The van der Waals surface area contributed by atoms with Crippen molar-refractivity contribution in [2.24, 2.45) is 0 Å². The smallest absolute Gasteiger partial charge is 0.261 e. The highest BCUT2D eigenvalue weighted by Crippen LogP contribution is 2.34. The lowest BCUT2D eigenvalue weighted by atomic mass is 10.0. The Labute approximate surface area is 275 Å². The number of benzene rings is 3. The summed E-state index contributed by atoms with van der Waals surface area (Å²) < 4.78 is 29.4. The van der Waals surface area contributed by atoms with Gasteiger partial charge in [0, 0.05) is 29.1 Å². The molecule has 13 nitrogen and oxygen atoms in total. The zero-order chi connectivity index (χ0) is 32.9. The zero-order valence-electron chi connectivity index (χ0n) is 26.6. The van der Waals surface area contributed by atoms with Crippen molar-refractivity contribution >= 4 is 21.8 Å². The number of nitrogens with zero attached hydrogens (tertiary/aromatic N) is 4. The van der Waals surface area contributed by atoms with Gasteiger partial charge in [-0.15, -0.1) is 0 Å². The fraction of sp³-hybridized carbons (Fsp3) is 0.314. The first-order valence-corrected chi connectivity index (χ1v) is 16.1. The average molecular weight is 653 g/mol. The molecule has 0 spiro atoms. The molecule has 0 fully saturated rings. The van der Waals surface area contributed by atoms with Crippen molar-refractivity contribution in [3.8, 4) is 34.3 Å². The van der Waals surface area contributed by atoms with Crippen LogP contribution in [0.3, 0.4) is 0 Å². The predicted molar refractivity (Wildman–Crippen MR) is 178 cm³/mol. The monoisotopic (exact) mass is 652 g/mol. The second-order valence-electron chi connectivity index (χ2n) is 11.2. The molecule has 0 atom stereocenters. The second-order valence-corrected chi connectivity index (χ2v) is 11.2. The third-order valence-corrected chi connectivity index (χ3v) is 8.27. The Bertz CT molecular complexity index is 2100. The van der Waals surface area contributed by atoms with E-state index in [-0.39, 0.29) is 12.1 Å². The van der Waals surface area contributed by atoms with Gasteiger partial charge in [0.25, 0.3) is 11.3 Å². The summed E-state index contributed by atoms with van der Waals surface area (Å²) in [6.07, 6.45) is 0.767. The summed E-state index contributed by atoms with van der Waals surface area (Å²) in [4.78, 5) is 22.2. The molecular weight excluding hydrogens is 616 g/mol. The minimum Gasteiger partial charge on any atom is -0.493 e. The van der Waals surface area contributed by atoms with Crippen molar-refractivity contribution in [2.45, 2.75) is 26.4 Å². The van der Waals surface area contributed by atoms with Crippen LogP contribution in [0.4, 0.5) is 0 Å². The highest BCUT2D eigenvalue weighted by molar-refractivity contribution is 5.91. The zero-order valence-corrected chi connectivity index (χ0v) is 26.6. The summed E-state index contributed by atoms with van der Waals surface area (Å²) in [6, 6.07) is 21.0. The molecule has 0 unspecified atom stereocenters. The number of aromatic amines is 1. The Hall–Kier alpha value is -5.24. The van der Waals surface area contributed by atoms with Crippen molar-refractivity contribution in [1.82, 2.24) is 25.0 Å². The first-order chi connectivity index (χ1) is 23.6. The van der Waals surface area contributed by atoms with Gasteiger partial charge in [0.1, 0.15) is 18.1 Å². The van der Waals surface area contributed by atoms with Crippen LogP contribution in [-0.4, -0.2) is 65.9 Å². The van der Waals surface area contributed by atoms with Crippen LogP contribution in [0.2, 0.25) is 0 Å². The Balaban J connectivity index is 0.835. The van der Waals surface area contributed by atoms with E-state index < -0.39 is 0 Å². The minimum atomic E-state index is -0.0753. The number of nitrogens with one attached hydrogen (secondary N) is 2. The number of H-pyrrole nitrogens is 1. The minimum absolute atomic E-state index is 0.0753. The van der Waals surface area contributed by atoms with Gasteiger partial charge in [-0.3, -0.25) is 14.0 Å². The van der Waals surface area contributed by atoms with Gasteiger partial charge >= 0.3 is 0 Å². The van der Waals surface area contributed by atoms with Gasteiger partial charge in [0.05, 0.1) is 61.7 Å². The summed E-state index contributed by atoms with van der Waals surface area (Å²) in [5.74, 6) is 1.90. The third kappa shape index (κ3) is 6.35. The number of ether oxygens (including phenoxy) is 4. The lowest BCUT2D eigenvalue weighted by molar-refractivity contribution is -0.808. The van der Waals surface area contributed by atoms with Crippen LogP contribution in [0.1, 0.15) is 18.2 Å². The topological polar surface area (TPSA) is 153 Å². The van der Waals surface area contributed by atoms with Gasteiger partial charge in [0.15, 0.2) is 5.82 Å². The lowest BCUT2D eigenvalue weighted by Crippen LogP contribution is -2.33. The average Bonchev–Trinajstić information content (AvgIpc) is 3.68. The molecule has 0 saturated carbocycles. The van der Waals surface area contributed by atoms with E-state index in [4.69, 9.17) is 28.6 Å². The van der Waals surface area contributed by atoms with Crippen LogP contribution in [0.25, 0.3) is 44.6 Å². The maximum Gasteiger partial charge on any atom is 0.261 e. The number of para-hydroxylation sites is 2. The molecule has 248 valence electrons. The lowest BCUT2D eigenvalue weighted by Gasteiger charge is -2.19. The maximum atomic E-state index is 13.5. The largest absolute Gasteiger partial charge is 0.493 e. The predicted octanol–water partition coefficient (Wildman–Crippen LogP) is 3.99. The highest BCUT2D eigenvalue weighted by Gasteiger charge is 2.25. The molecular formula is C35H36N6O7. The number of hydrogen-bond acceptors (Lipinski definition) is 10. The Morgan fingerprint density at radius 3 is 2.69 bits per heavy atom. The number of hydrogen-bond donors (Lipinski definition) is 2. The number of aryl methyl sites for hydroxylation is 1. The Kier molecular flexibility index (Phi) is 9.32. The first-order valence-electron chi connectivity index (χ1n) is 16.1. The number of rotatable bonds is 15. The van der Waals surface area contributed by atoms with Crippen LogP contribution in [0, 0.1) is 5.21 Å². The molecule has 13 heteroatoms. The van der Waals surface area contributed by atoms with Gasteiger partial charge < -0.3 is 34.5 Å². The van der Waals surface area contributed by atoms with E-state index in [1.54, 1.807) is 10.6 Å². The fourth-order valence-electron chi connectivity index (χ4n) is 6.02. The molecule has 6 aromatic rings.